The Balaban J connectivity index is 1.05. The first-order chi connectivity index (χ1) is 18.7. The predicted molar refractivity (Wildman–Crippen MR) is 147 cm³/mol. The Morgan fingerprint density at radius 1 is 1.00 bits per heavy atom. The van der Waals surface area contributed by atoms with Gasteiger partial charge in [-0.3, -0.25) is 4.79 Å². The maximum Gasteiger partial charge on any atom is 0.225 e. The Kier molecular flexibility index (Phi) is 7.58. The Morgan fingerprint density at radius 2 is 1.79 bits per heavy atom. The number of imidazole rings is 1. The van der Waals surface area contributed by atoms with Gasteiger partial charge in [-0.15, -0.1) is 0 Å². The number of nitrogens with zero attached hydrogens (tertiary/aromatic N) is 8. The highest BCUT2D eigenvalue weighted by atomic mass is 16.2. The van der Waals surface area contributed by atoms with Crippen molar-refractivity contribution in [2.24, 2.45) is 5.92 Å². The molecular formula is C28H41N9O. The van der Waals surface area contributed by atoms with Crippen molar-refractivity contribution in [2.45, 2.75) is 77.3 Å². The molecule has 1 saturated carbocycles. The molecule has 38 heavy (non-hydrogen) atoms. The number of aromatic amines is 1. The van der Waals surface area contributed by atoms with E-state index in [1.165, 1.54) is 45.2 Å². The summed E-state index contributed by atoms with van der Waals surface area (Å²) in [7, 11) is 0. The first-order valence-corrected chi connectivity index (χ1v) is 14.7. The number of hydrogen-bond acceptors (Lipinski definition) is 7. The van der Waals surface area contributed by atoms with Gasteiger partial charge in [0.25, 0.3) is 0 Å². The van der Waals surface area contributed by atoms with Crippen molar-refractivity contribution >= 4 is 22.8 Å². The Labute approximate surface area is 224 Å². The standard InChI is InChI=1S/C28H41N9O/c1-2-6-25-29-17-22(33-25)19-37-27-24(18-32-37)26(30-20-31-27)35-13-15-36(16-14-35)28(38)21-7-9-23(10-8-21)34-11-4-3-5-12-34/h17-18,20-21,23H,2-16,19H2,1H3,(H,29,33)/t21-,23-. The van der Waals surface area contributed by atoms with Crippen LogP contribution in [-0.4, -0.2) is 90.7 Å². The molecule has 2 aliphatic heterocycles. The average Bonchev–Trinajstić information content (AvgIpc) is 3.60. The molecule has 10 nitrogen and oxygen atoms in total. The van der Waals surface area contributed by atoms with E-state index in [1.54, 1.807) is 6.33 Å². The van der Waals surface area contributed by atoms with Crippen LogP contribution in [-0.2, 0) is 17.8 Å². The van der Waals surface area contributed by atoms with E-state index in [4.69, 9.17) is 0 Å². The van der Waals surface area contributed by atoms with Gasteiger partial charge in [0.2, 0.25) is 5.91 Å². The molecular weight excluding hydrogens is 478 g/mol. The largest absolute Gasteiger partial charge is 0.352 e. The molecule has 1 amide bonds. The maximum absolute atomic E-state index is 13.4. The molecule has 0 spiro atoms. The third-order valence-electron chi connectivity index (χ3n) is 8.74. The number of piperazine rings is 1. The topological polar surface area (TPSA) is 99.1 Å². The number of aryl methyl sites for hydroxylation is 1. The van der Waals surface area contributed by atoms with Gasteiger partial charge in [0, 0.05) is 50.8 Å². The number of amides is 1. The molecule has 0 atom stereocenters. The molecule has 204 valence electrons. The lowest BCUT2D eigenvalue weighted by Gasteiger charge is -2.41. The molecule has 1 N–H and O–H groups in total. The number of H-pyrrole nitrogens is 1. The lowest BCUT2D eigenvalue weighted by atomic mass is 9.83. The zero-order valence-corrected chi connectivity index (χ0v) is 22.7. The summed E-state index contributed by atoms with van der Waals surface area (Å²) in [5, 5.41) is 5.56. The van der Waals surface area contributed by atoms with Crippen molar-refractivity contribution in [1.29, 1.82) is 0 Å². The number of anilines is 1. The third kappa shape index (κ3) is 5.28. The number of nitrogens with one attached hydrogen (secondary N) is 1. The lowest BCUT2D eigenvalue weighted by molar-refractivity contribution is -0.137. The average molecular weight is 520 g/mol. The molecule has 10 heteroatoms. The van der Waals surface area contributed by atoms with E-state index in [-0.39, 0.29) is 5.92 Å². The highest BCUT2D eigenvalue weighted by Crippen LogP contribution is 2.31. The zero-order valence-electron chi connectivity index (χ0n) is 22.7. The van der Waals surface area contributed by atoms with Crippen LogP contribution < -0.4 is 4.90 Å². The van der Waals surface area contributed by atoms with Gasteiger partial charge in [-0.1, -0.05) is 13.3 Å². The molecule has 0 bridgehead atoms. The van der Waals surface area contributed by atoms with Crippen LogP contribution in [0.2, 0.25) is 0 Å². The van der Waals surface area contributed by atoms with Crippen molar-refractivity contribution in [3.05, 3.63) is 30.2 Å². The van der Waals surface area contributed by atoms with Crippen LogP contribution in [0.25, 0.3) is 11.0 Å². The number of rotatable bonds is 7. The summed E-state index contributed by atoms with van der Waals surface area (Å²) in [6.45, 7) is 8.29. The van der Waals surface area contributed by atoms with Gasteiger partial charge < -0.3 is 19.7 Å². The number of hydrogen-bond donors (Lipinski definition) is 1. The van der Waals surface area contributed by atoms with Gasteiger partial charge in [0.1, 0.15) is 18.0 Å². The second-order valence-electron chi connectivity index (χ2n) is 11.2. The van der Waals surface area contributed by atoms with E-state index in [0.29, 0.717) is 18.5 Å². The number of aromatic nitrogens is 6. The SMILES string of the molecule is CCCc1nc(Cn2ncc3c(N4CCN(C(=O)[C@H]5CC[C@H](N6CCCCC6)CC5)CC4)ncnc32)c[nH]1. The number of fused-ring (bicyclic) bond motifs is 1. The minimum atomic E-state index is 0.200. The number of piperidine rings is 1. The highest BCUT2D eigenvalue weighted by Gasteiger charge is 2.33. The molecule has 0 unspecified atom stereocenters. The molecule has 3 fully saturated rings. The monoisotopic (exact) mass is 519 g/mol. The van der Waals surface area contributed by atoms with Crippen molar-refractivity contribution in [3.63, 3.8) is 0 Å². The van der Waals surface area contributed by atoms with E-state index in [9.17, 15) is 4.79 Å². The van der Waals surface area contributed by atoms with Gasteiger partial charge in [-0.2, -0.15) is 5.10 Å². The fourth-order valence-electron chi connectivity index (χ4n) is 6.62. The van der Waals surface area contributed by atoms with E-state index in [2.05, 4.69) is 46.7 Å². The normalized spacial score (nSPS) is 23.3. The molecule has 3 aromatic heterocycles. The van der Waals surface area contributed by atoms with Crippen molar-refractivity contribution in [3.8, 4) is 0 Å². The van der Waals surface area contributed by atoms with Crippen molar-refractivity contribution in [1.82, 2.24) is 39.5 Å². The van der Waals surface area contributed by atoms with Crippen molar-refractivity contribution in [2.75, 3.05) is 44.2 Å². The van der Waals surface area contributed by atoms with E-state index >= 15 is 0 Å². The molecule has 5 heterocycles. The smallest absolute Gasteiger partial charge is 0.225 e. The maximum atomic E-state index is 13.4. The van der Waals surface area contributed by atoms with Crippen LogP contribution in [0, 0.1) is 5.92 Å². The minimum absolute atomic E-state index is 0.200. The molecule has 1 aliphatic carbocycles. The summed E-state index contributed by atoms with van der Waals surface area (Å²) in [6, 6.07) is 0.698. The zero-order chi connectivity index (χ0) is 25.9. The van der Waals surface area contributed by atoms with Crippen molar-refractivity contribution < 1.29 is 4.79 Å². The summed E-state index contributed by atoms with van der Waals surface area (Å²) >= 11 is 0. The van der Waals surface area contributed by atoms with Gasteiger partial charge >= 0.3 is 0 Å². The van der Waals surface area contributed by atoms with Gasteiger partial charge in [0.05, 0.1) is 23.8 Å². The first kappa shape index (κ1) is 25.3. The first-order valence-electron chi connectivity index (χ1n) is 14.7. The van der Waals surface area contributed by atoms with Crippen LogP contribution in [0.5, 0.6) is 0 Å². The third-order valence-corrected chi connectivity index (χ3v) is 8.74. The molecule has 0 aromatic carbocycles. The Bertz CT molecular complexity index is 1210. The lowest BCUT2D eigenvalue weighted by Crippen LogP contribution is -2.51. The van der Waals surface area contributed by atoms with E-state index in [1.807, 2.05) is 17.1 Å². The van der Waals surface area contributed by atoms with Crippen LogP contribution >= 0.6 is 0 Å². The number of likely N-dealkylation sites (tertiary alicyclic amines) is 1. The summed E-state index contributed by atoms with van der Waals surface area (Å²) in [4.78, 5) is 37.5. The van der Waals surface area contributed by atoms with Crippen LogP contribution in [0.4, 0.5) is 5.82 Å². The Morgan fingerprint density at radius 3 is 2.55 bits per heavy atom. The Hall–Kier alpha value is -3.01. The number of carbonyl (C=O) groups excluding carboxylic acids is 1. The van der Waals surface area contributed by atoms with Gasteiger partial charge in [-0.05, 0) is 58.0 Å². The van der Waals surface area contributed by atoms with Crippen LogP contribution in [0.15, 0.2) is 18.7 Å². The molecule has 2 saturated heterocycles. The summed E-state index contributed by atoms with van der Waals surface area (Å²) in [6.07, 6.45) is 16.0. The molecule has 6 rings (SSSR count). The fourth-order valence-corrected chi connectivity index (χ4v) is 6.62. The van der Waals surface area contributed by atoms with Gasteiger partial charge in [-0.25, -0.2) is 19.6 Å². The van der Waals surface area contributed by atoms with E-state index in [0.717, 1.165) is 80.2 Å². The highest BCUT2D eigenvalue weighted by molar-refractivity contribution is 5.87. The van der Waals surface area contributed by atoms with Crippen LogP contribution in [0.1, 0.15) is 69.8 Å². The quantitative estimate of drug-likeness (QED) is 0.512. The second kappa shape index (κ2) is 11.4. The molecule has 0 radical (unpaired) electrons. The fraction of sp³-hybridized carbons (Fsp3) is 0.679. The minimum Gasteiger partial charge on any atom is -0.352 e. The predicted octanol–water partition coefficient (Wildman–Crippen LogP) is 3.24. The summed E-state index contributed by atoms with van der Waals surface area (Å²) in [5.74, 6) is 2.48. The molecule has 3 aliphatic rings. The number of carbonyl (C=O) groups is 1. The summed E-state index contributed by atoms with van der Waals surface area (Å²) < 4.78 is 1.90. The van der Waals surface area contributed by atoms with Gasteiger partial charge in [0.15, 0.2) is 5.65 Å². The second-order valence-corrected chi connectivity index (χ2v) is 11.2. The van der Waals surface area contributed by atoms with Crippen LogP contribution in [0.3, 0.4) is 0 Å². The van der Waals surface area contributed by atoms with E-state index < -0.39 is 0 Å². The molecule has 3 aromatic rings. The summed E-state index contributed by atoms with van der Waals surface area (Å²) in [5.41, 5.74) is 1.77.